The molecule has 0 radical (unpaired) electrons. The smallest absolute Gasteiger partial charge is 0.0737 e. The molecular formula is C19H33B. The van der Waals surface area contributed by atoms with Gasteiger partial charge in [0.2, 0.25) is 0 Å². The van der Waals surface area contributed by atoms with E-state index in [-0.39, 0.29) is 0 Å². The Balaban J connectivity index is 2.79. The molecule has 0 saturated carbocycles. The highest BCUT2D eigenvalue weighted by Gasteiger charge is 2.25. The van der Waals surface area contributed by atoms with Crippen LogP contribution in [-0.2, 0) is 0 Å². The van der Waals surface area contributed by atoms with Crippen molar-refractivity contribution in [1.29, 1.82) is 0 Å². The van der Waals surface area contributed by atoms with Crippen LogP contribution in [0.5, 0.6) is 0 Å². The molecule has 1 aromatic rings. The molecule has 112 valence electrons. The standard InChI is InChI=1S/C19H33B/c1-4-7-15-19(18-13-11-10-12-14-18)20(16-8-5-2)17-9-6-3/h10-14,19H,4-9,15-17H2,1-3H3. The first-order valence-corrected chi connectivity index (χ1v) is 8.88. The lowest BCUT2D eigenvalue weighted by Crippen LogP contribution is -2.24. The Labute approximate surface area is 127 Å². The lowest BCUT2D eigenvalue weighted by atomic mass is 9.34. The van der Waals surface area contributed by atoms with Crippen LogP contribution in [0.3, 0.4) is 0 Å². The van der Waals surface area contributed by atoms with Crippen LogP contribution >= 0.6 is 0 Å². The average molecular weight is 272 g/mol. The Morgan fingerprint density at radius 1 is 0.800 bits per heavy atom. The average Bonchev–Trinajstić information content (AvgIpc) is 2.50. The van der Waals surface area contributed by atoms with Crippen LogP contribution in [0.25, 0.3) is 0 Å². The molecular weight excluding hydrogens is 239 g/mol. The van der Waals surface area contributed by atoms with E-state index in [0.717, 1.165) is 12.5 Å². The molecule has 20 heavy (non-hydrogen) atoms. The van der Waals surface area contributed by atoms with Crippen LogP contribution in [0.1, 0.15) is 77.1 Å². The molecule has 0 aliphatic carbocycles. The summed E-state index contributed by atoms with van der Waals surface area (Å²) < 4.78 is 0. The zero-order valence-electron chi connectivity index (χ0n) is 13.9. The van der Waals surface area contributed by atoms with Crippen LogP contribution < -0.4 is 0 Å². The van der Waals surface area contributed by atoms with E-state index in [2.05, 4.69) is 51.1 Å². The maximum Gasteiger partial charge on any atom is 0.148 e. The summed E-state index contributed by atoms with van der Waals surface area (Å²) >= 11 is 0. The molecule has 1 rings (SSSR count). The minimum absolute atomic E-state index is 0.786. The summed E-state index contributed by atoms with van der Waals surface area (Å²) in [5.41, 5.74) is 1.58. The van der Waals surface area contributed by atoms with E-state index < -0.39 is 0 Å². The van der Waals surface area contributed by atoms with Crippen LogP contribution in [0.4, 0.5) is 0 Å². The maximum atomic E-state index is 2.35. The van der Waals surface area contributed by atoms with Gasteiger partial charge >= 0.3 is 0 Å². The Hall–Kier alpha value is -0.715. The van der Waals surface area contributed by atoms with E-state index in [4.69, 9.17) is 0 Å². The molecule has 1 atom stereocenters. The third-order valence-electron chi connectivity index (χ3n) is 4.52. The third-order valence-corrected chi connectivity index (χ3v) is 4.52. The molecule has 1 unspecified atom stereocenters. The van der Waals surface area contributed by atoms with E-state index in [1.165, 1.54) is 57.6 Å². The Bertz CT molecular complexity index is 312. The van der Waals surface area contributed by atoms with Crippen molar-refractivity contribution in [2.45, 2.75) is 84.2 Å². The second-order valence-corrected chi connectivity index (χ2v) is 6.20. The topological polar surface area (TPSA) is 0 Å². The van der Waals surface area contributed by atoms with E-state index in [1.807, 2.05) is 0 Å². The highest BCUT2D eigenvalue weighted by Crippen LogP contribution is 2.30. The summed E-state index contributed by atoms with van der Waals surface area (Å²) in [5, 5.41) is 0. The summed E-state index contributed by atoms with van der Waals surface area (Å²) in [7, 11) is 0. The van der Waals surface area contributed by atoms with Gasteiger partial charge in [-0.2, -0.15) is 0 Å². The van der Waals surface area contributed by atoms with Crippen molar-refractivity contribution in [3.05, 3.63) is 35.9 Å². The highest BCUT2D eigenvalue weighted by molar-refractivity contribution is 6.60. The van der Waals surface area contributed by atoms with Crippen LogP contribution in [-0.4, -0.2) is 6.71 Å². The first-order valence-electron chi connectivity index (χ1n) is 8.88. The fourth-order valence-corrected chi connectivity index (χ4v) is 3.28. The predicted octanol–water partition coefficient (Wildman–Crippen LogP) is 6.59. The van der Waals surface area contributed by atoms with Crippen molar-refractivity contribution < 1.29 is 0 Å². The van der Waals surface area contributed by atoms with Gasteiger partial charge in [0.15, 0.2) is 0 Å². The molecule has 0 heterocycles. The molecule has 0 fully saturated rings. The van der Waals surface area contributed by atoms with Gasteiger partial charge in [0.25, 0.3) is 0 Å². The van der Waals surface area contributed by atoms with Gasteiger partial charge in [-0.05, 0) is 5.82 Å². The summed E-state index contributed by atoms with van der Waals surface area (Å²) in [6.07, 6.45) is 12.3. The van der Waals surface area contributed by atoms with Crippen molar-refractivity contribution in [3.8, 4) is 0 Å². The Kier molecular flexibility index (Phi) is 9.54. The quantitative estimate of drug-likeness (QED) is 0.398. The van der Waals surface area contributed by atoms with E-state index in [0.29, 0.717) is 0 Å². The lowest BCUT2D eigenvalue weighted by Gasteiger charge is -2.25. The first-order chi connectivity index (χ1) is 9.83. The maximum absolute atomic E-state index is 2.35. The molecule has 0 saturated heterocycles. The van der Waals surface area contributed by atoms with Crippen LogP contribution in [0, 0.1) is 0 Å². The number of benzene rings is 1. The Morgan fingerprint density at radius 2 is 1.35 bits per heavy atom. The van der Waals surface area contributed by atoms with Gasteiger partial charge in [-0.1, -0.05) is 114 Å². The number of unbranched alkanes of at least 4 members (excludes halogenated alkanes) is 3. The lowest BCUT2D eigenvalue weighted by molar-refractivity contribution is 0.678. The SMILES string of the molecule is CCCCB(CCCC)C(CCCC)c1ccccc1. The van der Waals surface area contributed by atoms with Crippen molar-refractivity contribution in [2.75, 3.05) is 0 Å². The molecule has 1 aromatic carbocycles. The van der Waals surface area contributed by atoms with E-state index in [9.17, 15) is 0 Å². The zero-order valence-corrected chi connectivity index (χ0v) is 13.9. The summed E-state index contributed by atoms with van der Waals surface area (Å²) in [4.78, 5) is 0. The normalized spacial score (nSPS) is 12.3. The molecule has 0 N–H and O–H groups in total. The van der Waals surface area contributed by atoms with E-state index >= 15 is 0 Å². The minimum Gasteiger partial charge on any atom is -0.0737 e. The van der Waals surface area contributed by atoms with Crippen molar-refractivity contribution in [1.82, 2.24) is 0 Å². The van der Waals surface area contributed by atoms with Crippen molar-refractivity contribution in [2.24, 2.45) is 0 Å². The van der Waals surface area contributed by atoms with Gasteiger partial charge in [0.1, 0.15) is 6.71 Å². The molecule has 0 aromatic heterocycles. The zero-order chi connectivity index (χ0) is 14.6. The fourth-order valence-electron chi connectivity index (χ4n) is 3.28. The summed E-state index contributed by atoms with van der Waals surface area (Å²) in [5.74, 6) is 0.786. The third kappa shape index (κ3) is 6.16. The molecule has 1 heteroatoms. The van der Waals surface area contributed by atoms with Gasteiger partial charge in [-0.25, -0.2) is 0 Å². The van der Waals surface area contributed by atoms with Gasteiger partial charge in [-0.3, -0.25) is 0 Å². The van der Waals surface area contributed by atoms with Crippen LogP contribution in [0.2, 0.25) is 12.6 Å². The van der Waals surface area contributed by atoms with Crippen molar-refractivity contribution in [3.63, 3.8) is 0 Å². The number of hydrogen-bond acceptors (Lipinski definition) is 0. The summed E-state index contributed by atoms with van der Waals surface area (Å²) in [6.45, 7) is 7.85. The van der Waals surface area contributed by atoms with Crippen LogP contribution in [0.15, 0.2) is 30.3 Å². The van der Waals surface area contributed by atoms with Gasteiger partial charge in [0, 0.05) is 0 Å². The minimum atomic E-state index is 0.786. The Morgan fingerprint density at radius 3 is 1.85 bits per heavy atom. The van der Waals surface area contributed by atoms with Gasteiger partial charge in [-0.15, -0.1) is 0 Å². The molecule has 0 aliphatic rings. The first kappa shape index (κ1) is 17.3. The molecule has 0 amide bonds. The number of rotatable bonds is 11. The molecule has 0 aliphatic heterocycles. The van der Waals surface area contributed by atoms with Gasteiger partial charge < -0.3 is 0 Å². The summed E-state index contributed by atoms with van der Waals surface area (Å²) in [6, 6.07) is 11.3. The number of hydrogen-bond donors (Lipinski definition) is 0. The fraction of sp³-hybridized carbons (Fsp3) is 0.684. The highest BCUT2D eigenvalue weighted by atomic mass is 14.1. The monoisotopic (exact) mass is 272 g/mol. The second-order valence-electron chi connectivity index (χ2n) is 6.20. The second kappa shape index (κ2) is 11.0. The predicted molar refractivity (Wildman–Crippen MR) is 93.9 cm³/mol. The van der Waals surface area contributed by atoms with Gasteiger partial charge in [0.05, 0.1) is 0 Å². The van der Waals surface area contributed by atoms with Crippen molar-refractivity contribution >= 4 is 6.71 Å². The molecule has 0 spiro atoms. The largest absolute Gasteiger partial charge is 0.148 e. The molecule has 0 nitrogen and oxygen atoms in total. The molecule has 0 bridgehead atoms. The van der Waals surface area contributed by atoms with E-state index in [1.54, 1.807) is 5.56 Å².